The Hall–Kier alpha value is -0.500. The zero-order valence-corrected chi connectivity index (χ0v) is 30.5. The van der Waals surface area contributed by atoms with Gasteiger partial charge >= 0.3 is 0 Å². The fourth-order valence-corrected chi connectivity index (χ4v) is 6.81. The minimum absolute atomic E-state index is 0. The second kappa shape index (κ2) is 36.0. The third-order valence-electron chi connectivity index (χ3n) is 9.71. The summed E-state index contributed by atoms with van der Waals surface area (Å²) in [6, 6.07) is 0. The quantitative estimate of drug-likeness (QED) is 0.0688. The summed E-state index contributed by atoms with van der Waals surface area (Å²) in [5.74, 6) is 0.841. The molecule has 1 heterocycles. The molecule has 0 spiro atoms. The van der Waals surface area contributed by atoms with Crippen molar-refractivity contribution < 1.29 is 0 Å². The van der Waals surface area contributed by atoms with E-state index in [2.05, 4.69) is 29.6 Å². The van der Waals surface area contributed by atoms with Crippen LogP contribution in [0.15, 0.2) is 18.7 Å². The van der Waals surface area contributed by atoms with E-state index in [1.165, 1.54) is 218 Å². The van der Waals surface area contributed by atoms with Gasteiger partial charge in [-0.15, -0.1) is 12.4 Å². The number of aromatic nitrogens is 2. The van der Waals surface area contributed by atoms with Crippen molar-refractivity contribution >= 4 is 12.4 Å². The summed E-state index contributed by atoms with van der Waals surface area (Å²) >= 11 is 0. The highest BCUT2D eigenvalue weighted by Crippen LogP contribution is 2.22. The van der Waals surface area contributed by atoms with Crippen molar-refractivity contribution in [2.24, 2.45) is 5.92 Å². The predicted molar refractivity (Wildman–Crippen MR) is 197 cm³/mol. The Labute approximate surface area is 278 Å². The topological polar surface area (TPSA) is 17.8 Å². The molecular weight excluding hydrogens is 544 g/mol. The Bertz CT molecular complexity index is 602. The molecule has 1 aromatic rings. The first-order valence-electron chi connectivity index (χ1n) is 19.8. The van der Waals surface area contributed by atoms with Crippen LogP contribution in [-0.4, -0.2) is 9.55 Å². The summed E-state index contributed by atoms with van der Waals surface area (Å²) in [5.41, 5.74) is 0. The minimum atomic E-state index is 0. The van der Waals surface area contributed by atoms with Crippen LogP contribution in [0.25, 0.3) is 0 Å². The number of imidazole rings is 1. The summed E-state index contributed by atoms with van der Waals surface area (Å²) in [5, 5.41) is 0. The standard InChI is InChI=1S/C40H78N2.ClH/c1-3-5-7-9-11-13-15-17-19-20-21-23-25-27-29-31-33-35-40(38-42-37-36-41-39-42)34-32-30-28-26-24-22-18-16-14-12-10-8-6-4-2;/h36-37,39-40H,3-35,38H2,1-2H3;1H. The molecule has 0 saturated carbocycles. The maximum absolute atomic E-state index is 4.29. The van der Waals surface area contributed by atoms with Crippen LogP contribution in [0.4, 0.5) is 0 Å². The van der Waals surface area contributed by atoms with Gasteiger partial charge in [-0.1, -0.05) is 213 Å². The largest absolute Gasteiger partial charge is 0.337 e. The van der Waals surface area contributed by atoms with Gasteiger partial charge in [-0.3, -0.25) is 0 Å². The molecule has 256 valence electrons. The number of hydrogen-bond acceptors (Lipinski definition) is 1. The zero-order chi connectivity index (χ0) is 30.0. The van der Waals surface area contributed by atoms with Crippen molar-refractivity contribution in [2.45, 2.75) is 232 Å². The van der Waals surface area contributed by atoms with Crippen molar-refractivity contribution in [1.29, 1.82) is 0 Å². The van der Waals surface area contributed by atoms with Crippen LogP contribution in [0.3, 0.4) is 0 Å². The zero-order valence-electron chi connectivity index (χ0n) is 29.7. The van der Waals surface area contributed by atoms with Crippen molar-refractivity contribution in [1.82, 2.24) is 9.55 Å². The lowest BCUT2D eigenvalue weighted by atomic mass is 9.93. The lowest BCUT2D eigenvalue weighted by Crippen LogP contribution is -2.10. The van der Waals surface area contributed by atoms with E-state index in [4.69, 9.17) is 0 Å². The van der Waals surface area contributed by atoms with Crippen molar-refractivity contribution in [3.8, 4) is 0 Å². The molecule has 0 fully saturated rings. The fraction of sp³-hybridized carbons (Fsp3) is 0.925. The van der Waals surface area contributed by atoms with E-state index >= 15 is 0 Å². The molecule has 1 atom stereocenters. The average molecular weight is 624 g/mol. The molecule has 2 nitrogen and oxygen atoms in total. The summed E-state index contributed by atoms with van der Waals surface area (Å²) in [6.45, 7) is 5.79. The monoisotopic (exact) mass is 623 g/mol. The van der Waals surface area contributed by atoms with Gasteiger partial charge in [0.25, 0.3) is 0 Å². The van der Waals surface area contributed by atoms with Crippen LogP contribution in [-0.2, 0) is 6.54 Å². The molecule has 1 unspecified atom stereocenters. The van der Waals surface area contributed by atoms with E-state index in [1.54, 1.807) is 0 Å². The van der Waals surface area contributed by atoms with Gasteiger partial charge in [-0.2, -0.15) is 0 Å². The average Bonchev–Trinajstić information content (AvgIpc) is 3.52. The molecule has 0 aliphatic rings. The molecular formula is C40H79ClN2. The fourth-order valence-electron chi connectivity index (χ4n) is 6.81. The molecule has 0 amide bonds. The van der Waals surface area contributed by atoms with Gasteiger partial charge in [-0.25, -0.2) is 4.98 Å². The maximum atomic E-state index is 4.29. The Balaban J connectivity index is 0.0000176. The van der Waals surface area contributed by atoms with E-state index in [1.807, 2.05) is 12.5 Å². The smallest absolute Gasteiger partial charge is 0.0945 e. The van der Waals surface area contributed by atoms with Crippen molar-refractivity contribution in [2.75, 3.05) is 0 Å². The SMILES string of the molecule is CCCCCCCCCCCCCCCCCCCC(CCCCCCCCCCCCCCCC)Cn1ccnc1.Cl. The van der Waals surface area contributed by atoms with Gasteiger partial charge in [0.05, 0.1) is 6.33 Å². The third-order valence-corrected chi connectivity index (χ3v) is 9.71. The predicted octanol–water partition coefficient (Wildman–Crippen LogP) is 14.8. The molecule has 43 heavy (non-hydrogen) atoms. The summed E-state index contributed by atoms with van der Waals surface area (Å²) in [6.07, 6.45) is 54.1. The number of halogens is 1. The summed E-state index contributed by atoms with van der Waals surface area (Å²) < 4.78 is 2.32. The molecule has 0 radical (unpaired) electrons. The van der Waals surface area contributed by atoms with E-state index < -0.39 is 0 Å². The number of rotatable bonds is 35. The molecule has 0 saturated heterocycles. The molecule has 0 bridgehead atoms. The molecule has 0 aromatic carbocycles. The molecule has 1 rings (SSSR count). The van der Waals surface area contributed by atoms with E-state index in [-0.39, 0.29) is 12.4 Å². The third kappa shape index (κ3) is 31.3. The van der Waals surface area contributed by atoms with Crippen LogP contribution in [0.1, 0.15) is 226 Å². The molecule has 1 aromatic heterocycles. The van der Waals surface area contributed by atoms with Crippen LogP contribution in [0.2, 0.25) is 0 Å². The lowest BCUT2D eigenvalue weighted by Gasteiger charge is -2.17. The number of nitrogens with zero attached hydrogens (tertiary/aromatic N) is 2. The van der Waals surface area contributed by atoms with Gasteiger partial charge in [0.15, 0.2) is 0 Å². The van der Waals surface area contributed by atoms with Crippen LogP contribution in [0, 0.1) is 5.92 Å². The van der Waals surface area contributed by atoms with Gasteiger partial charge in [0.1, 0.15) is 0 Å². The Morgan fingerprint density at radius 3 is 0.953 bits per heavy atom. The van der Waals surface area contributed by atoms with Crippen LogP contribution < -0.4 is 0 Å². The highest BCUT2D eigenvalue weighted by molar-refractivity contribution is 5.85. The first-order valence-corrected chi connectivity index (χ1v) is 19.8. The second-order valence-electron chi connectivity index (χ2n) is 14.0. The molecule has 0 aliphatic carbocycles. The molecule has 3 heteroatoms. The number of hydrogen-bond donors (Lipinski definition) is 0. The van der Waals surface area contributed by atoms with Gasteiger partial charge in [-0.05, 0) is 18.8 Å². The lowest BCUT2D eigenvalue weighted by molar-refractivity contribution is 0.356. The number of unbranched alkanes of at least 4 members (excludes halogenated alkanes) is 29. The molecule has 0 aliphatic heterocycles. The highest BCUT2D eigenvalue weighted by atomic mass is 35.5. The van der Waals surface area contributed by atoms with E-state index in [0.717, 1.165) is 5.92 Å². The van der Waals surface area contributed by atoms with Crippen LogP contribution in [0.5, 0.6) is 0 Å². The normalized spacial score (nSPS) is 12.0. The Morgan fingerprint density at radius 1 is 0.419 bits per heavy atom. The Kier molecular flexibility index (Phi) is 35.6. The van der Waals surface area contributed by atoms with Gasteiger partial charge < -0.3 is 4.57 Å². The maximum Gasteiger partial charge on any atom is 0.0945 e. The van der Waals surface area contributed by atoms with E-state index in [9.17, 15) is 0 Å². The van der Waals surface area contributed by atoms with Crippen molar-refractivity contribution in [3.63, 3.8) is 0 Å². The van der Waals surface area contributed by atoms with Crippen molar-refractivity contribution in [3.05, 3.63) is 18.7 Å². The first kappa shape index (κ1) is 42.5. The second-order valence-corrected chi connectivity index (χ2v) is 14.0. The van der Waals surface area contributed by atoms with Crippen LogP contribution >= 0.6 is 12.4 Å². The van der Waals surface area contributed by atoms with Gasteiger partial charge in [0.2, 0.25) is 0 Å². The highest BCUT2D eigenvalue weighted by Gasteiger charge is 2.09. The molecule has 0 N–H and O–H groups in total. The van der Waals surface area contributed by atoms with E-state index in [0.29, 0.717) is 0 Å². The summed E-state index contributed by atoms with van der Waals surface area (Å²) in [4.78, 5) is 4.29. The minimum Gasteiger partial charge on any atom is -0.337 e. The Morgan fingerprint density at radius 2 is 0.698 bits per heavy atom. The summed E-state index contributed by atoms with van der Waals surface area (Å²) in [7, 11) is 0. The van der Waals surface area contributed by atoms with Gasteiger partial charge in [0, 0.05) is 18.9 Å². The first-order chi connectivity index (χ1) is 20.9.